The maximum atomic E-state index is 14.9. The highest BCUT2D eigenvalue weighted by Gasteiger charge is 2.43. The predicted molar refractivity (Wildman–Crippen MR) is 149 cm³/mol. The minimum Gasteiger partial charge on any atom is -0.493 e. The van der Waals surface area contributed by atoms with Gasteiger partial charge in [0.15, 0.2) is 0 Å². The van der Waals surface area contributed by atoms with Gasteiger partial charge in [0, 0.05) is 31.9 Å². The molecule has 0 bridgehead atoms. The lowest BCUT2D eigenvalue weighted by molar-refractivity contribution is -0.118. The molecule has 3 aliphatic rings. The van der Waals surface area contributed by atoms with Gasteiger partial charge in [-0.15, -0.1) is 0 Å². The summed E-state index contributed by atoms with van der Waals surface area (Å²) in [5.74, 6) is 2.93. The molecule has 1 aliphatic carbocycles. The number of aromatic nitrogens is 3. The number of hydrogen-bond donors (Lipinski definition) is 0. The van der Waals surface area contributed by atoms with Crippen LogP contribution in [0.15, 0.2) is 48.9 Å². The molecule has 0 N–H and O–H groups in total. The summed E-state index contributed by atoms with van der Waals surface area (Å²) in [7, 11) is 0. The molecule has 2 atom stereocenters. The fourth-order valence-corrected chi connectivity index (χ4v) is 6.27. The van der Waals surface area contributed by atoms with Crippen LogP contribution in [-0.4, -0.2) is 47.1 Å². The SMILES string of the molecule is O=C(Cc1ccc(OCC[C@@H]2C[C@@H]2C2CCN(c3ncc(Cl)cn3)CC2)cc1F)N1CCCc2ncccc21. The monoisotopic (exact) mass is 549 g/mol. The van der Waals surface area contributed by atoms with Gasteiger partial charge in [-0.2, -0.15) is 0 Å². The van der Waals surface area contributed by atoms with Crippen molar-refractivity contribution in [1.82, 2.24) is 15.0 Å². The molecule has 0 unspecified atom stereocenters. The number of benzene rings is 1. The van der Waals surface area contributed by atoms with Crippen molar-refractivity contribution in [3.05, 3.63) is 71.0 Å². The number of fused-ring (bicyclic) bond motifs is 1. The molecule has 1 aromatic carbocycles. The Kier molecular flexibility index (Phi) is 7.64. The average molecular weight is 550 g/mol. The smallest absolute Gasteiger partial charge is 0.231 e. The fourth-order valence-electron chi connectivity index (χ4n) is 6.18. The molecule has 4 heterocycles. The number of pyridine rings is 1. The van der Waals surface area contributed by atoms with Crippen molar-refractivity contribution < 1.29 is 13.9 Å². The van der Waals surface area contributed by atoms with E-state index in [9.17, 15) is 9.18 Å². The highest BCUT2D eigenvalue weighted by atomic mass is 35.5. The van der Waals surface area contributed by atoms with E-state index in [1.54, 1.807) is 35.6 Å². The molecule has 2 aliphatic heterocycles. The lowest BCUT2D eigenvalue weighted by Crippen LogP contribution is -2.37. The molecule has 1 amide bonds. The number of ether oxygens (including phenoxy) is 1. The molecule has 0 radical (unpaired) electrons. The van der Waals surface area contributed by atoms with Crippen LogP contribution < -0.4 is 14.5 Å². The van der Waals surface area contributed by atoms with Crippen LogP contribution in [0.25, 0.3) is 0 Å². The van der Waals surface area contributed by atoms with E-state index in [4.69, 9.17) is 16.3 Å². The van der Waals surface area contributed by atoms with Gasteiger partial charge in [-0.3, -0.25) is 9.78 Å². The van der Waals surface area contributed by atoms with E-state index in [1.807, 2.05) is 12.1 Å². The Morgan fingerprint density at radius 1 is 1.10 bits per heavy atom. The van der Waals surface area contributed by atoms with Crippen LogP contribution in [0.3, 0.4) is 0 Å². The van der Waals surface area contributed by atoms with Gasteiger partial charge < -0.3 is 14.5 Å². The van der Waals surface area contributed by atoms with E-state index in [0.29, 0.717) is 35.4 Å². The second-order valence-corrected chi connectivity index (χ2v) is 11.3. The van der Waals surface area contributed by atoms with Crippen molar-refractivity contribution >= 4 is 29.1 Å². The fraction of sp³-hybridized carbons (Fsp3) is 0.467. The number of carbonyl (C=O) groups is 1. The molecule has 3 aromatic rings. The Bertz CT molecular complexity index is 1310. The zero-order chi connectivity index (χ0) is 26.8. The Hall–Kier alpha value is -3.26. The van der Waals surface area contributed by atoms with Crippen LogP contribution in [0.1, 0.15) is 43.4 Å². The number of anilines is 2. The average Bonchev–Trinajstić information content (AvgIpc) is 3.74. The topological polar surface area (TPSA) is 71.5 Å². The second-order valence-electron chi connectivity index (χ2n) is 10.9. The summed E-state index contributed by atoms with van der Waals surface area (Å²) in [4.78, 5) is 30.0. The lowest BCUT2D eigenvalue weighted by Gasteiger charge is -2.32. The Labute approximate surface area is 233 Å². The molecule has 1 saturated heterocycles. The Morgan fingerprint density at radius 3 is 2.72 bits per heavy atom. The van der Waals surface area contributed by atoms with Crippen LogP contribution in [0.2, 0.25) is 5.02 Å². The maximum absolute atomic E-state index is 14.9. The van der Waals surface area contributed by atoms with Gasteiger partial charge in [-0.05, 0) is 80.0 Å². The minimum absolute atomic E-state index is 0.0210. The first-order valence-corrected chi connectivity index (χ1v) is 14.3. The molecule has 1 saturated carbocycles. The second kappa shape index (κ2) is 11.5. The predicted octanol–water partition coefficient (Wildman–Crippen LogP) is 5.51. The summed E-state index contributed by atoms with van der Waals surface area (Å²) in [5, 5.41) is 0.558. The highest BCUT2D eigenvalue weighted by molar-refractivity contribution is 6.30. The third kappa shape index (κ3) is 6.01. The summed E-state index contributed by atoms with van der Waals surface area (Å²) in [6.07, 6.45) is 11.3. The first kappa shape index (κ1) is 26.0. The molecule has 9 heteroatoms. The quantitative estimate of drug-likeness (QED) is 0.369. The summed E-state index contributed by atoms with van der Waals surface area (Å²) >= 11 is 5.91. The molecule has 39 heavy (non-hydrogen) atoms. The van der Waals surface area contributed by atoms with E-state index in [2.05, 4.69) is 19.9 Å². The third-order valence-corrected chi connectivity index (χ3v) is 8.58. The van der Waals surface area contributed by atoms with E-state index in [0.717, 1.165) is 74.4 Å². The van der Waals surface area contributed by atoms with Crippen LogP contribution in [0.4, 0.5) is 16.0 Å². The van der Waals surface area contributed by atoms with Crippen molar-refractivity contribution in [3.63, 3.8) is 0 Å². The molecule has 2 aromatic heterocycles. The van der Waals surface area contributed by atoms with Crippen molar-refractivity contribution in [2.75, 3.05) is 36.0 Å². The Morgan fingerprint density at radius 2 is 1.92 bits per heavy atom. The summed E-state index contributed by atoms with van der Waals surface area (Å²) in [6.45, 7) is 3.16. The number of nitrogens with zero attached hydrogens (tertiary/aromatic N) is 5. The number of aryl methyl sites for hydroxylation is 1. The van der Waals surface area contributed by atoms with Crippen molar-refractivity contribution in [3.8, 4) is 5.75 Å². The van der Waals surface area contributed by atoms with E-state index in [1.165, 1.54) is 12.5 Å². The first-order chi connectivity index (χ1) is 19.0. The number of halogens is 2. The molecule has 0 spiro atoms. The van der Waals surface area contributed by atoms with Gasteiger partial charge in [-0.25, -0.2) is 14.4 Å². The number of piperidine rings is 1. The summed E-state index contributed by atoms with van der Waals surface area (Å²) in [6, 6.07) is 8.61. The zero-order valence-corrected chi connectivity index (χ0v) is 22.7. The highest BCUT2D eigenvalue weighted by Crippen LogP contribution is 2.49. The molecule has 204 valence electrons. The number of hydrogen-bond acceptors (Lipinski definition) is 6. The minimum atomic E-state index is -0.398. The van der Waals surface area contributed by atoms with Crippen LogP contribution in [-0.2, 0) is 17.6 Å². The Balaban J connectivity index is 0.943. The molecular formula is C30H33ClFN5O2. The molecule has 6 rings (SSSR count). The molecular weight excluding hydrogens is 517 g/mol. The van der Waals surface area contributed by atoms with E-state index >= 15 is 0 Å². The first-order valence-electron chi connectivity index (χ1n) is 13.9. The standard InChI is InChI=1S/C30H33ClFN5O2/c31-23-18-34-30(35-19-23)36-12-7-20(8-13-36)25-15-21(25)9-14-39-24-6-5-22(26(32)17-24)16-29(38)37-11-2-3-27-28(37)4-1-10-33-27/h1,4-6,10,17-21,25H,2-3,7-9,11-16H2/t21-,25-/m1/s1. The van der Waals surface area contributed by atoms with Crippen LogP contribution in [0, 0.1) is 23.6 Å². The number of rotatable bonds is 8. The zero-order valence-electron chi connectivity index (χ0n) is 21.9. The summed E-state index contributed by atoms with van der Waals surface area (Å²) in [5.41, 5.74) is 2.16. The third-order valence-electron chi connectivity index (χ3n) is 8.39. The molecule has 7 nitrogen and oxygen atoms in total. The molecule has 2 fully saturated rings. The van der Waals surface area contributed by atoms with E-state index in [-0.39, 0.29) is 12.3 Å². The normalized spacial score (nSPS) is 21.0. The lowest BCUT2D eigenvalue weighted by atomic mass is 9.90. The van der Waals surface area contributed by atoms with Gasteiger partial charge in [0.25, 0.3) is 0 Å². The number of carbonyl (C=O) groups excluding carboxylic acids is 1. The van der Waals surface area contributed by atoms with Crippen molar-refractivity contribution in [2.45, 2.75) is 44.9 Å². The van der Waals surface area contributed by atoms with Crippen LogP contribution in [0.5, 0.6) is 5.75 Å². The van der Waals surface area contributed by atoms with Gasteiger partial charge in [-0.1, -0.05) is 17.7 Å². The maximum Gasteiger partial charge on any atom is 0.231 e. The van der Waals surface area contributed by atoms with Crippen LogP contribution >= 0.6 is 11.6 Å². The van der Waals surface area contributed by atoms with Gasteiger partial charge >= 0.3 is 0 Å². The number of amides is 1. The van der Waals surface area contributed by atoms with Gasteiger partial charge in [0.2, 0.25) is 11.9 Å². The van der Waals surface area contributed by atoms with E-state index < -0.39 is 5.82 Å². The van der Waals surface area contributed by atoms with Gasteiger partial charge in [0.1, 0.15) is 11.6 Å². The largest absolute Gasteiger partial charge is 0.493 e. The van der Waals surface area contributed by atoms with Crippen molar-refractivity contribution in [1.29, 1.82) is 0 Å². The summed E-state index contributed by atoms with van der Waals surface area (Å²) < 4.78 is 20.8. The van der Waals surface area contributed by atoms with Gasteiger partial charge in [0.05, 0.1) is 41.8 Å². The van der Waals surface area contributed by atoms with Crippen molar-refractivity contribution in [2.24, 2.45) is 17.8 Å².